The third-order valence-corrected chi connectivity index (χ3v) is 9.38. The molecule has 47 heavy (non-hydrogen) atoms. The van der Waals surface area contributed by atoms with Gasteiger partial charge in [-0.1, -0.05) is 13.8 Å². The zero-order chi connectivity index (χ0) is 33.9. The number of Topliss-reactive ketones (excluding diaryl/α,β-unsaturated/α-hetero) is 1. The van der Waals surface area contributed by atoms with Gasteiger partial charge >= 0.3 is 6.09 Å². The number of pyridine rings is 2. The van der Waals surface area contributed by atoms with Crippen LogP contribution >= 0.6 is 0 Å². The van der Waals surface area contributed by atoms with Crippen molar-refractivity contribution < 1.29 is 15.8 Å². The van der Waals surface area contributed by atoms with Crippen molar-refractivity contribution in [2.24, 2.45) is 5.92 Å². The molecule has 0 aliphatic carbocycles. The fraction of sp³-hybridized carbons (Fsp3) is 0.600. The number of hydrogen-bond donors (Lipinski definition) is 1. The van der Waals surface area contributed by atoms with Gasteiger partial charge in [-0.25, -0.2) is 14.8 Å². The average molecular weight is 649 g/mol. The van der Waals surface area contributed by atoms with E-state index in [1.807, 2.05) is 51.8 Å². The summed E-state index contributed by atoms with van der Waals surface area (Å²) in [5.74, 6) is 1.30. The molecule has 0 saturated carbocycles. The van der Waals surface area contributed by atoms with Crippen molar-refractivity contribution >= 4 is 40.4 Å². The summed E-state index contributed by atoms with van der Waals surface area (Å²) in [6, 6.07) is 3.90. The number of hydrogen-bond acceptors (Lipinski definition) is 10. The van der Waals surface area contributed by atoms with Crippen molar-refractivity contribution in [1.29, 1.82) is 0 Å². The van der Waals surface area contributed by atoms with Gasteiger partial charge in [0.1, 0.15) is 17.1 Å². The van der Waals surface area contributed by atoms with Crippen LogP contribution in [0.5, 0.6) is 0 Å². The molecule has 256 valence electrons. The number of amides is 1. The summed E-state index contributed by atoms with van der Waals surface area (Å²) < 4.78 is 7.20. The maximum absolute atomic E-state index is 13.5. The SMILES string of the molecule is CCC(CC)n1c(=O)c(C(C)=O)c(C)c2cnc(Nc3ccc(N4CCN(CC5CCN(C(=O)OC(C)(C)C)CC5)CC4)cn3)nc21.[HH]. The number of ether oxygens (including phenoxy) is 1. The number of nitrogens with one attached hydrogen (secondary N) is 1. The molecule has 0 spiro atoms. The smallest absolute Gasteiger partial charge is 0.410 e. The van der Waals surface area contributed by atoms with Crippen LogP contribution in [0.4, 0.5) is 22.2 Å². The van der Waals surface area contributed by atoms with Crippen LogP contribution in [0.25, 0.3) is 11.0 Å². The van der Waals surface area contributed by atoms with Gasteiger partial charge in [0, 0.05) is 64.9 Å². The molecule has 0 unspecified atom stereocenters. The van der Waals surface area contributed by atoms with Crippen LogP contribution in [0, 0.1) is 12.8 Å². The molecule has 2 aliphatic rings. The Labute approximate surface area is 279 Å². The number of piperidine rings is 1. The van der Waals surface area contributed by atoms with E-state index in [0.717, 1.165) is 77.2 Å². The lowest BCUT2D eigenvalue weighted by atomic mass is 9.96. The number of carbonyl (C=O) groups excluding carboxylic acids is 2. The van der Waals surface area contributed by atoms with E-state index in [2.05, 4.69) is 31.2 Å². The summed E-state index contributed by atoms with van der Waals surface area (Å²) in [5, 5.41) is 3.90. The minimum absolute atomic E-state index is 0. The number of likely N-dealkylation sites (tertiary alicyclic amines) is 1. The highest BCUT2D eigenvalue weighted by molar-refractivity contribution is 5.99. The molecule has 0 aromatic carbocycles. The fourth-order valence-corrected chi connectivity index (χ4v) is 6.74. The molecule has 3 aromatic rings. The summed E-state index contributed by atoms with van der Waals surface area (Å²) >= 11 is 0. The Bertz CT molecular complexity index is 1640. The van der Waals surface area contributed by atoms with Gasteiger partial charge < -0.3 is 19.9 Å². The van der Waals surface area contributed by atoms with Crippen molar-refractivity contribution in [3.63, 3.8) is 0 Å². The van der Waals surface area contributed by atoms with Gasteiger partial charge in [-0.2, -0.15) is 4.98 Å². The fourth-order valence-electron chi connectivity index (χ4n) is 6.74. The Morgan fingerprint density at radius 1 is 1.02 bits per heavy atom. The molecule has 2 aliphatic heterocycles. The van der Waals surface area contributed by atoms with Crippen molar-refractivity contribution in [2.75, 3.05) is 56.0 Å². The average Bonchev–Trinajstić information content (AvgIpc) is 3.03. The minimum atomic E-state index is -0.464. The molecule has 12 nitrogen and oxygen atoms in total. The van der Waals surface area contributed by atoms with Crippen LogP contribution in [-0.4, -0.2) is 92.6 Å². The van der Waals surface area contributed by atoms with Crippen LogP contribution in [0.3, 0.4) is 0 Å². The van der Waals surface area contributed by atoms with E-state index in [4.69, 9.17) is 9.72 Å². The number of ketones is 1. The number of anilines is 3. The van der Waals surface area contributed by atoms with Crippen LogP contribution in [0.1, 0.15) is 90.6 Å². The first-order valence-electron chi connectivity index (χ1n) is 17.0. The van der Waals surface area contributed by atoms with E-state index in [-0.39, 0.29) is 30.5 Å². The zero-order valence-corrected chi connectivity index (χ0v) is 29.0. The van der Waals surface area contributed by atoms with E-state index in [9.17, 15) is 14.4 Å². The molecule has 3 aromatic heterocycles. The first-order valence-corrected chi connectivity index (χ1v) is 17.0. The van der Waals surface area contributed by atoms with Gasteiger partial charge in [0.05, 0.1) is 17.4 Å². The molecule has 1 amide bonds. The molecule has 2 fully saturated rings. The largest absolute Gasteiger partial charge is 0.444 e. The summed E-state index contributed by atoms with van der Waals surface area (Å²) in [4.78, 5) is 58.9. The summed E-state index contributed by atoms with van der Waals surface area (Å²) in [5.41, 5.74) is 1.63. The summed E-state index contributed by atoms with van der Waals surface area (Å²) in [6.45, 7) is 19.4. The first kappa shape index (κ1) is 34.3. The molecule has 12 heteroatoms. The Morgan fingerprint density at radius 2 is 1.70 bits per heavy atom. The van der Waals surface area contributed by atoms with Crippen molar-refractivity contribution in [2.45, 2.75) is 85.8 Å². The van der Waals surface area contributed by atoms with Gasteiger partial charge in [-0.15, -0.1) is 0 Å². The topological polar surface area (TPSA) is 126 Å². The predicted octanol–water partition coefficient (Wildman–Crippen LogP) is 5.82. The van der Waals surface area contributed by atoms with Crippen molar-refractivity contribution in [3.8, 4) is 0 Å². The molecule has 0 atom stereocenters. The third-order valence-electron chi connectivity index (χ3n) is 9.38. The Hall–Kier alpha value is -4.06. The number of fused-ring (bicyclic) bond motifs is 1. The number of aryl methyl sites for hydroxylation is 1. The second-order valence-electron chi connectivity index (χ2n) is 13.9. The molecular weight excluding hydrogens is 596 g/mol. The Morgan fingerprint density at radius 3 is 2.28 bits per heavy atom. The van der Waals surface area contributed by atoms with E-state index in [1.165, 1.54) is 6.92 Å². The van der Waals surface area contributed by atoms with Crippen LogP contribution in [0.15, 0.2) is 29.3 Å². The van der Waals surface area contributed by atoms with Gasteiger partial charge in [0.2, 0.25) is 5.95 Å². The van der Waals surface area contributed by atoms with E-state index in [1.54, 1.807) is 17.7 Å². The maximum Gasteiger partial charge on any atom is 0.410 e. The molecular formula is C35H52N8O4. The van der Waals surface area contributed by atoms with Gasteiger partial charge in [0.25, 0.3) is 5.56 Å². The number of piperazine rings is 1. The van der Waals surface area contributed by atoms with E-state index < -0.39 is 5.60 Å². The first-order chi connectivity index (χ1) is 22.4. The van der Waals surface area contributed by atoms with Gasteiger partial charge in [-0.3, -0.25) is 19.1 Å². The van der Waals surface area contributed by atoms with Gasteiger partial charge in [0.15, 0.2) is 5.78 Å². The minimum Gasteiger partial charge on any atom is -0.444 e. The van der Waals surface area contributed by atoms with Crippen LogP contribution < -0.4 is 15.8 Å². The number of carbonyl (C=O) groups is 2. The predicted molar refractivity (Wildman–Crippen MR) is 187 cm³/mol. The number of nitrogens with zero attached hydrogens (tertiary/aromatic N) is 7. The standard InChI is InChI=1S/C35H50N8O4.H2/c1-8-26(9-2)43-31-28(23(3)30(24(4)44)32(43)45)21-37-33(39-31)38-29-11-10-27(20-36-29)41-18-16-40(17-19-41)22-25-12-14-42(15-13-25)34(46)47-35(5,6)7;/h10-11,20-21,25-26H,8-9,12-19,22H2,1-7H3,(H,36,37,38,39);1H. The van der Waals surface area contributed by atoms with Crippen LogP contribution in [-0.2, 0) is 4.74 Å². The monoisotopic (exact) mass is 648 g/mol. The summed E-state index contributed by atoms with van der Waals surface area (Å²) in [7, 11) is 0. The summed E-state index contributed by atoms with van der Waals surface area (Å²) in [6.07, 6.45) is 6.85. The lowest BCUT2D eigenvalue weighted by molar-refractivity contribution is 0.0168. The van der Waals surface area contributed by atoms with Crippen molar-refractivity contribution in [1.82, 2.24) is 29.3 Å². The molecule has 5 rings (SSSR count). The van der Waals surface area contributed by atoms with Crippen molar-refractivity contribution in [3.05, 3.63) is 46.0 Å². The highest BCUT2D eigenvalue weighted by atomic mass is 16.6. The van der Waals surface area contributed by atoms with E-state index >= 15 is 0 Å². The third kappa shape index (κ3) is 7.91. The van der Waals surface area contributed by atoms with Crippen LogP contribution in [0.2, 0.25) is 0 Å². The molecule has 2 saturated heterocycles. The van der Waals surface area contributed by atoms with Gasteiger partial charge in [-0.05, 0) is 83.9 Å². The Balaban J connectivity index is 0.00000520. The normalized spacial score (nSPS) is 16.6. The highest BCUT2D eigenvalue weighted by Gasteiger charge is 2.29. The molecule has 5 heterocycles. The van der Waals surface area contributed by atoms with E-state index in [0.29, 0.717) is 34.3 Å². The second kappa shape index (κ2) is 14.4. The second-order valence-corrected chi connectivity index (χ2v) is 13.9. The lowest BCUT2D eigenvalue weighted by Crippen LogP contribution is -2.49. The number of rotatable bonds is 9. The number of aromatic nitrogens is 4. The lowest BCUT2D eigenvalue weighted by Gasteiger charge is -2.39. The Kier molecular flexibility index (Phi) is 10.5. The highest BCUT2D eigenvalue weighted by Crippen LogP contribution is 2.26. The maximum atomic E-state index is 13.5. The molecule has 1 N–H and O–H groups in total. The molecule has 0 radical (unpaired) electrons. The molecule has 0 bridgehead atoms. The quantitative estimate of drug-likeness (QED) is 0.284. The zero-order valence-electron chi connectivity index (χ0n) is 29.0.